The summed E-state index contributed by atoms with van der Waals surface area (Å²) in [6.07, 6.45) is -3.28. The van der Waals surface area contributed by atoms with Crippen LogP contribution in [-0.2, 0) is 16.0 Å². The van der Waals surface area contributed by atoms with Gasteiger partial charge in [-0.3, -0.25) is 0 Å². The number of alkyl halides is 3. The van der Waals surface area contributed by atoms with E-state index in [1.54, 1.807) is 0 Å². The molecular formula is C13H16F3NO2S. The molecule has 7 heteroatoms. The normalized spacial score (nSPS) is 21.4. The SMILES string of the molecule is O=S(=O)(c1ccccc1C(F)(F)F)C1CCCNCC1. The molecule has 1 unspecified atom stereocenters. The van der Waals surface area contributed by atoms with Crippen LogP contribution in [0.2, 0.25) is 0 Å². The molecule has 0 aromatic heterocycles. The van der Waals surface area contributed by atoms with Gasteiger partial charge >= 0.3 is 6.18 Å². The molecule has 3 nitrogen and oxygen atoms in total. The molecule has 0 aliphatic carbocycles. The van der Waals surface area contributed by atoms with Crippen LogP contribution in [0.5, 0.6) is 0 Å². The molecule has 0 amide bonds. The molecule has 0 bridgehead atoms. The van der Waals surface area contributed by atoms with E-state index in [-0.39, 0.29) is 0 Å². The van der Waals surface area contributed by atoms with Gasteiger partial charge in [-0.1, -0.05) is 12.1 Å². The summed E-state index contributed by atoms with van der Waals surface area (Å²) >= 11 is 0. The Balaban J connectivity index is 2.44. The summed E-state index contributed by atoms with van der Waals surface area (Å²) in [5, 5.41) is 2.31. The van der Waals surface area contributed by atoms with Crippen LogP contribution in [0, 0.1) is 0 Å². The standard InChI is InChI=1S/C13H16F3NO2S/c14-13(15,16)11-5-1-2-6-12(11)20(18,19)10-4-3-8-17-9-7-10/h1-2,5-6,10,17H,3-4,7-9H2. The molecule has 1 saturated heterocycles. The van der Waals surface area contributed by atoms with Gasteiger partial charge in [-0.2, -0.15) is 13.2 Å². The summed E-state index contributed by atoms with van der Waals surface area (Å²) < 4.78 is 63.8. The lowest BCUT2D eigenvalue weighted by atomic mass is 10.2. The predicted octanol–water partition coefficient (Wildman–Crippen LogP) is 2.62. The second kappa shape index (κ2) is 5.73. The van der Waals surface area contributed by atoms with Gasteiger partial charge in [-0.15, -0.1) is 0 Å². The summed E-state index contributed by atoms with van der Waals surface area (Å²) in [7, 11) is -3.96. The van der Waals surface area contributed by atoms with Gasteiger partial charge in [0.1, 0.15) is 0 Å². The van der Waals surface area contributed by atoms with Crippen molar-refractivity contribution in [2.45, 2.75) is 35.6 Å². The van der Waals surface area contributed by atoms with Crippen molar-refractivity contribution >= 4 is 9.84 Å². The van der Waals surface area contributed by atoms with Crippen molar-refractivity contribution in [3.63, 3.8) is 0 Å². The zero-order chi connectivity index (χ0) is 14.8. The second-order valence-electron chi connectivity index (χ2n) is 4.84. The number of rotatable bonds is 2. The first kappa shape index (κ1) is 15.3. The smallest absolute Gasteiger partial charge is 0.317 e. The average molecular weight is 307 g/mol. The third kappa shape index (κ3) is 3.15. The Kier molecular flexibility index (Phi) is 4.39. The zero-order valence-corrected chi connectivity index (χ0v) is 11.6. The Morgan fingerprint density at radius 1 is 1.10 bits per heavy atom. The molecule has 1 aromatic rings. The van der Waals surface area contributed by atoms with Crippen molar-refractivity contribution in [1.29, 1.82) is 0 Å². The summed E-state index contributed by atoms with van der Waals surface area (Å²) in [5.74, 6) is 0. The molecule has 1 heterocycles. The van der Waals surface area contributed by atoms with Gasteiger partial charge in [-0.25, -0.2) is 8.42 Å². The fraction of sp³-hybridized carbons (Fsp3) is 0.538. The van der Waals surface area contributed by atoms with Crippen molar-refractivity contribution in [1.82, 2.24) is 5.32 Å². The fourth-order valence-electron chi connectivity index (χ4n) is 2.43. The lowest BCUT2D eigenvalue weighted by Crippen LogP contribution is -2.25. The second-order valence-corrected chi connectivity index (χ2v) is 7.04. The van der Waals surface area contributed by atoms with Gasteiger partial charge in [0.05, 0.1) is 15.7 Å². The molecule has 1 aromatic carbocycles. The predicted molar refractivity (Wildman–Crippen MR) is 69.1 cm³/mol. The van der Waals surface area contributed by atoms with Crippen LogP contribution in [0.1, 0.15) is 24.8 Å². The number of hydrogen-bond acceptors (Lipinski definition) is 3. The third-order valence-corrected chi connectivity index (χ3v) is 5.78. The maximum atomic E-state index is 12.9. The van der Waals surface area contributed by atoms with E-state index in [1.165, 1.54) is 12.1 Å². The van der Waals surface area contributed by atoms with Crippen LogP contribution >= 0.6 is 0 Å². The van der Waals surface area contributed by atoms with E-state index in [0.29, 0.717) is 32.4 Å². The quantitative estimate of drug-likeness (QED) is 0.913. The number of hydrogen-bond donors (Lipinski definition) is 1. The Labute approximate surface area is 116 Å². The molecule has 1 atom stereocenters. The van der Waals surface area contributed by atoms with Crippen molar-refractivity contribution in [3.05, 3.63) is 29.8 Å². The third-order valence-electron chi connectivity index (χ3n) is 3.46. The number of halogens is 3. The van der Waals surface area contributed by atoms with E-state index in [2.05, 4.69) is 5.32 Å². The minimum atomic E-state index is -4.66. The van der Waals surface area contributed by atoms with Crippen LogP contribution in [-0.4, -0.2) is 26.8 Å². The van der Waals surface area contributed by atoms with Crippen molar-refractivity contribution in [2.75, 3.05) is 13.1 Å². The van der Waals surface area contributed by atoms with E-state index in [0.717, 1.165) is 12.1 Å². The number of sulfone groups is 1. The van der Waals surface area contributed by atoms with Crippen molar-refractivity contribution in [3.8, 4) is 0 Å². The average Bonchev–Trinajstić information content (AvgIpc) is 2.67. The molecule has 1 fully saturated rings. The van der Waals surface area contributed by atoms with E-state index >= 15 is 0 Å². The Morgan fingerprint density at radius 2 is 1.80 bits per heavy atom. The number of nitrogens with one attached hydrogen (secondary N) is 1. The highest BCUT2D eigenvalue weighted by Crippen LogP contribution is 2.36. The molecule has 20 heavy (non-hydrogen) atoms. The van der Waals surface area contributed by atoms with Crippen LogP contribution in [0.25, 0.3) is 0 Å². The van der Waals surface area contributed by atoms with Gasteiger partial charge in [0.25, 0.3) is 0 Å². The van der Waals surface area contributed by atoms with Gasteiger partial charge in [0, 0.05) is 0 Å². The summed E-state index contributed by atoms with van der Waals surface area (Å²) in [6, 6.07) is 4.41. The van der Waals surface area contributed by atoms with E-state index < -0.39 is 31.7 Å². The maximum absolute atomic E-state index is 12.9. The zero-order valence-electron chi connectivity index (χ0n) is 10.8. The lowest BCUT2D eigenvalue weighted by molar-refractivity contribution is -0.139. The van der Waals surface area contributed by atoms with Gasteiger partial charge < -0.3 is 5.32 Å². The molecule has 0 saturated carbocycles. The summed E-state index contributed by atoms with van der Waals surface area (Å²) in [4.78, 5) is -0.598. The monoisotopic (exact) mass is 307 g/mol. The highest BCUT2D eigenvalue weighted by atomic mass is 32.2. The van der Waals surface area contributed by atoms with Gasteiger partial charge in [-0.05, 0) is 44.5 Å². The molecule has 1 N–H and O–H groups in total. The summed E-state index contributed by atoms with van der Waals surface area (Å²) in [5.41, 5.74) is -1.07. The Morgan fingerprint density at radius 3 is 2.50 bits per heavy atom. The van der Waals surface area contributed by atoms with Crippen molar-refractivity contribution < 1.29 is 21.6 Å². The van der Waals surface area contributed by atoms with Crippen molar-refractivity contribution in [2.24, 2.45) is 0 Å². The molecule has 1 aliphatic rings. The number of benzene rings is 1. The first-order chi connectivity index (χ1) is 9.33. The Hall–Kier alpha value is -1.08. The molecule has 0 spiro atoms. The summed E-state index contributed by atoms with van der Waals surface area (Å²) in [6.45, 7) is 1.21. The van der Waals surface area contributed by atoms with Crippen LogP contribution in [0.15, 0.2) is 29.2 Å². The molecular weight excluding hydrogens is 291 g/mol. The van der Waals surface area contributed by atoms with E-state index in [1.807, 2.05) is 0 Å². The topological polar surface area (TPSA) is 46.2 Å². The van der Waals surface area contributed by atoms with Crippen LogP contribution in [0.3, 0.4) is 0 Å². The van der Waals surface area contributed by atoms with Gasteiger partial charge in [0.2, 0.25) is 0 Å². The van der Waals surface area contributed by atoms with E-state index in [4.69, 9.17) is 0 Å². The molecule has 2 rings (SSSR count). The first-order valence-corrected chi connectivity index (χ1v) is 7.99. The first-order valence-electron chi connectivity index (χ1n) is 6.44. The van der Waals surface area contributed by atoms with E-state index in [9.17, 15) is 21.6 Å². The maximum Gasteiger partial charge on any atom is 0.417 e. The minimum Gasteiger partial charge on any atom is -0.317 e. The Bertz CT molecular complexity index is 561. The molecule has 1 aliphatic heterocycles. The van der Waals surface area contributed by atoms with Gasteiger partial charge in [0.15, 0.2) is 9.84 Å². The highest BCUT2D eigenvalue weighted by molar-refractivity contribution is 7.92. The minimum absolute atomic E-state index is 0.342. The highest BCUT2D eigenvalue weighted by Gasteiger charge is 2.39. The molecule has 0 radical (unpaired) electrons. The van der Waals surface area contributed by atoms with Crippen LogP contribution in [0.4, 0.5) is 13.2 Å². The fourth-order valence-corrected chi connectivity index (χ4v) is 4.45. The molecule has 112 valence electrons. The lowest BCUT2D eigenvalue weighted by Gasteiger charge is -2.18. The van der Waals surface area contributed by atoms with Crippen LogP contribution < -0.4 is 5.32 Å². The largest absolute Gasteiger partial charge is 0.417 e.